The van der Waals surface area contributed by atoms with Crippen molar-refractivity contribution in [2.75, 3.05) is 40.0 Å². The normalized spacial score (nSPS) is 18.9. The van der Waals surface area contributed by atoms with Crippen molar-refractivity contribution < 1.29 is 14.2 Å². The first-order valence-corrected chi connectivity index (χ1v) is 12.5. The second kappa shape index (κ2) is 10.2. The quantitative estimate of drug-likeness (QED) is 0.615. The molecule has 2 aliphatic heterocycles. The highest BCUT2D eigenvalue weighted by Crippen LogP contribution is 2.45. The Bertz CT molecular complexity index is 1070. The molecule has 2 aromatic carbocycles. The van der Waals surface area contributed by atoms with Gasteiger partial charge in [-0.1, -0.05) is 36.4 Å². The van der Waals surface area contributed by atoms with Gasteiger partial charge in [0.05, 0.1) is 13.7 Å². The molecule has 0 radical (unpaired) electrons. The number of likely N-dealkylation sites (tertiary alicyclic amines) is 1. The zero-order chi connectivity index (χ0) is 23.4. The standard InChI is InChI=1S/C29H36N2O3/c1-32-28-18-22(7-10-27(28)33-20-23-5-3-2-4-6-23)11-14-31-15-12-29(13-16-31)21-34-26-9-8-24(19-30)17-25(26)29/h3,5-10,17-18H,2,4,11-16,19-21,30H2,1H3. The van der Waals surface area contributed by atoms with E-state index in [4.69, 9.17) is 19.9 Å². The summed E-state index contributed by atoms with van der Waals surface area (Å²) < 4.78 is 17.7. The van der Waals surface area contributed by atoms with Gasteiger partial charge in [-0.2, -0.15) is 0 Å². The van der Waals surface area contributed by atoms with Gasteiger partial charge in [0.1, 0.15) is 12.4 Å². The Morgan fingerprint density at radius 1 is 1.03 bits per heavy atom. The van der Waals surface area contributed by atoms with Crippen molar-refractivity contribution >= 4 is 0 Å². The molecule has 1 fully saturated rings. The molecule has 0 amide bonds. The minimum atomic E-state index is 0.155. The van der Waals surface area contributed by atoms with Crippen LogP contribution in [0.2, 0.25) is 0 Å². The predicted octanol–water partition coefficient (Wildman–Crippen LogP) is 4.78. The molecule has 2 N–H and O–H groups in total. The van der Waals surface area contributed by atoms with Crippen molar-refractivity contribution in [2.45, 2.75) is 44.1 Å². The number of fused-ring (bicyclic) bond motifs is 2. The lowest BCUT2D eigenvalue weighted by Crippen LogP contribution is -2.44. The lowest BCUT2D eigenvalue weighted by Gasteiger charge is -2.38. The fourth-order valence-electron chi connectivity index (χ4n) is 5.37. The molecule has 1 spiro atoms. The van der Waals surface area contributed by atoms with E-state index in [0.717, 1.165) is 75.6 Å². The van der Waals surface area contributed by atoms with Gasteiger partial charge < -0.3 is 24.8 Å². The number of ether oxygens (including phenoxy) is 3. The zero-order valence-corrected chi connectivity index (χ0v) is 20.2. The average molecular weight is 461 g/mol. The maximum atomic E-state index is 6.06. The molecule has 0 bridgehead atoms. The van der Waals surface area contributed by atoms with Gasteiger partial charge in [0.15, 0.2) is 11.5 Å². The van der Waals surface area contributed by atoms with Crippen LogP contribution in [0.4, 0.5) is 0 Å². The molecule has 180 valence electrons. The number of nitrogens with zero attached hydrogens (tertiary/aromatic N) is 1. The Morgan fingerprint density at radius 2 is 1.88 bits per heavy atom. The zero-order valence-electron chi connectivity index (χ0n) is 20.2. The lowest BCUT2D eigenvalue weighted by atomic mass is 9.74. The Hall–Kier alpha value is -2.76. The highest BCUT2D eigenvalue weighted by molar-refractivity contribution is 5.47. The first-order valence-electron chi connectivity index (χ1n) is 12.5. The Labute approximate surface area is 203 Å². The fraction of sp³-hybridized carbons (Fsp3) is 0.448. The third-order valence-corrected chi connectivity index (χ3v) is 7.58. The maximum Gasteiger partial charge on any atom is 0.161 e. The van der Waals surface area contributed by atoms with E-state index in [1.54, 1.807) is 7.11 Å². The summed E-state index contributed by atoms with van der Waals surface area (Å²) in [6.45, 7) is 5.20. The summed E-state index contributed by atoms with van der Waals surface area (Å²) in [7, 11) is 1.72. The number of nitrogens with two attached hydrogens (primary N) is 1. The number of allylic oxidation sites excluding steroid dienone is 2. The van der Waals surface area contributed by atoms with Crippen LogP contribution < -0.4 is 19.9 Å². The highest BCUT2D eigenvalue weighted by Gasteiger charge is 2.42. The summed E-state index contributed by atoms with van der Waals surface area (Å²) in [6.07, 6.45) is 12.1. The molecule has 0 atom stereocenters. The molecule has 5 nitrogen and oxygen atoms in total. The third-order valence-electron chi connectivity index (χ3n) is 7.58. The Morgan fingerprint density at radius 3 is 2.65 bits per heavy atom. The van der Waals surface area contributed by atoms with Crippen LogP contribution in [-0.2, 0) is 18.4 Å². The number of rotatable bonds is 8. The number of piperidine rings is 1. The van der Waals surface area contributed by atoms with Gasteiger partial charge >= 0.3 is 0 Å². The fourth-order valence-corrected chi connectivity index (χ4v) is 5.37. The lowest BCUT2D eigenvalue weighted by molar-refractivity contribution is 0.136. The molecule has 2 heterocycles. The number of hydrogen-bond acceptors (Lipinski definition) is 5. The second-order valence-electron chi connectivity index (χ2n) is 9.73. The van der Waals surface area contributed by atoms with Crippen molar-refractivity contribution in [3.8, 4) is 17.2 Å². The van der Waals surface area contributed by atoms with E-state index in [1.807, 2.05) is 6.07 Å². The second-order valence-corrected chi connectivity index (χ2v) is 9.73. The molecule has 0 saturated carbocycles. The van der Waals surface area contributed by atoms with E-state index in [-0.39, 0.29) is 5.41 Å². The smallest absolute Gasteiger partial charge is 0.161 e. The summed E-state index contributed by atoms with van der Waals surface area (Å²) in [5.74, 6) is 2.67. The van der Waals surface area contributed by atoms with Gasteiger partial charge in [-0.15, -0.1) is 0 Å². The van der Waals surface area contributed by atoms with Crippen LogP contribution in [0.3, 0.4) is 0 Å². The van der Waals surface area contributed by atoms with Crippen LogP contribution in [0.5, 0.6) is 17.2 Å². The van der Waals surface area contributed by atoms with E-state index < -0.39 is 0 Å². The molecule has 0 aromatic heterocycles. The van der Waals surface area contributed by atoms with Crippen LogP contribution in [0.1, 0.15) is 42.4 Å². The van der Waals surface area contributed by atoms with Crippen LogP contribution in [0.15, 0.2) is 60.2 Å². The van der Waals surface area contributed by atoms with Crippen molar-refractivity contribution in [3.63, 3.8) is 0 Å². The van der Waals surface area contributed by atoms with Gasteiger partial charge in [0.25, 0.3) is 0 Å². The summed E-state index contributed by atoms with van der Waals surface area (Å²) >= 11 is 0. The summed E-state index contributed by atoms with van der Waals surface area (Å²) in [4.78, 5) is 2.58. The van der Waals surface area contributed by atoms with Gasteiger partial charge in [-0.05, 0) is 80.1 Å². The third kappa shape index (κ3) is 4.86. The highest BCUT2D eigenvalue weighted by atomic mass is 16.5. The van der Waals surface area contributed by atoms with Gasteiger partial charge in [-0.25, -0.2) is 0 Å². The Kier molecular flexibility index (Phi) is 6.93. The largest absolute Gasteiger partial charge is 0.493 e. The molecule has 5 rings (SSSR count). The van der Waals surface area contributed by atoms with Crippen LogP contribution >= 0.6 is 0 Å². The summed E-state index contributed by atoms with van der Waals surface area (Å²) in [5.41, 5.74) is 11.1. The maximum absolute atomic E-state index is 6.06. The van der Waals surface area contributed by atoms with Crippen molar-refractivity contribution in [2.24, 2.45) is 5.73 Å². The molecule has 5 heteroatoms. The van der Waals surface area contributed by atoms with Gasteiger partial charge in [0.2, 0.25) is 0 Å². The van der Waals surface area contributed by atoms with E-state index in [2.05, 4.69) is 53.5 Å². The average Bonchev–Trinajstić information content (AvgIpc) is 3.25. The van der Waals surface area contributed by atoms with Crippen molar-refractivity contribution in [1.82, 2.24) is 4.90 Å². The monoisotopic (exact) mass is 460 g/mol. The molecule has 3 aliphatic rings. The first-order chi connectivity index (χ1) is 16.7. The topological polar surface area (TPSA) is 57.0 Å². The van der Waals surface area contributed by atoms with Crippen LogP contribution in [0, 0.1) is 0 Å². The molecular formula is C29H36N2O3. The molecular weight excluding hydrogens is 424 g/mol. The van der Waals surface area contributed by atoms with E-state index in [1.165, 1.54) is 22.3 Å². The van der Waals surface area contributed by atoms with Crippen molar-refractivity contribution in [3.05, 3.63) is 76.9 Å². The molecule has 1 saturated heterocycles. The summed E-state index contributed by atoms with van der Waals surface area (Å²) in [5, 5.41) is 0. The predicted molar refractivity (Wildman–Crippen MR) is 136 cm³/mol. The number of hydrogen-bond donors (Lipinski definition) is 1. The molecule has 2 aromatic rings. The number of benzene rings is 2. The minimum absolute atomic E-state index is 0.155. The summed E-state index contributed by atoms with van der Waals surface area (Å²) in [6, 6.07) is 12.8. The molecule has 34 heavy (non-hydrogen) atoms. The molecule has 0 unspecified atom stereocenters. The van der Waals surface area contributed by atoms with Crippen LogP contribution in [-0.4, -0.2) is 44.9 Å². The van der Waals surface area contributed by atoms with E-state index in [9.17, 15) is 0 Å². The Balaban J connectivity index is 1.15. The van der Waals surface area contributed by atoms with Crippen LogP contribution in [0.25, 0.3) is 0 Å². The van der Waals surface area contributed by atoms with E-state index >= 15 is 0 Å². The SMILES string of the molecule is COc1cc(CCN2CCC3(CC2)COc2ccc(CN)cc23)ccc1OCC1=CCCC=C1. The van der Waals surface area contributed by atoms with Gasteiger partial charge in [0, 0.05) is 24.1 Å². The first kappa shape index (κ1) is 23.0. The number of methoxy groups -OCH3 is 1. The van der Waals surface area contributed by atoms with Gasteiger partial charge in [-0.3, -0.25) is 0 Å². The van der Waals surface area contributed by atoms with Crippen molar-refractivity contribution in [1.29, 1.82) is 0 Å². The minimum Gasteiger partial charge on any atom is -0.493 e. The molecule has 1 aliphatic carbocycles. The van der Waals surface area contributed by atoms with E-state index in [0.29, 0.717) is 13.2 Å².